The third kappa shape index (κ3) is 3.22. The van der Waals surface area contributed by atoms with Crippen molar-refractivity contribution in [1.82, 2.24) is 14.5 Å². The molecule has 114 valence electrons. The van der Waals surface area contributed by atoms with E-state index in [1.807, 2.05) is 0 Å². The van der Waals surface area contributed by atoms with Crippen molar-refractivity contribution in [3.05, 3.63) is 17.9 Å². The molecule has 0 aromatic carbocycles. The van der Waals surface area contributed by atoms with Gasteiger partial charge in [-0.05, 0) is 52.2 Å². The van der Waals surface area contributed by atoms with E-state index in [4.69, 9.17) is 4.42 Å². The Balaban J connectivity index is 2.12. The normalized spacial score (nSPS) is 18.8. The van der Waals surface area contributed by atoms with Crippen LogP contribution in [0.1, 0.15) is 18.6 Å². The quantitative estimate of drug-likeness (QED) is 0.868. The van der Waals surface area contributed by atoms with Gasteiger partial charge in [-0.25, -0.2) is 8.42 Å². The molecule has 6 nitrogen and oxygen atoms in total. The summed E-state index contributed by atoms with van der Waals surface area (Å²) >= 11 is 0. The number of sulfonamides is 1. The van der Waals surface area contributed by atoms with E-state index in [0.29, 0.717) is 12.3 Å². The van der Waals surface area contributed by atoms with Gasteiger partial charge in [0.15, 0.2) is 0 Å². The van der Waals surface area contributed by atoms with Crippen LogP contribution in [-0.4, -0.2) is 57.9 Å². The fourth-order valence-corrected chi connectivity index (χ4v) is 3.80. The molecule has 1 aliphatic rings. The van der Waals surface area contributed by atoms with Gasteiger partial charge in [0.2, 0.25) is 5.09 Å². The van der Waals surface area contributed by atoms with Gasteiger partial charge in [-0.3, -0.25) is 0 Å². The molecule has 1 saturated heterocycles. The monoisotopic (exact) mass is 301 g/mol. The van der Waals surface area contributed by atoms with Crippen LogP contribution in [0, 0.1) is 0 Å². The van der Waals surface area contributed by atoms with E-state index < -0.39 is 10.0 Å². The highest BCUT2D eigenvalue weighted by molar-refractivity contribution is 7.89. The standard InChI is InChI=1S/C13H23N3O3S/c1-14-10-12-4-5-13(19-12)20(17,18)16(3)11-6-8-15(2)9-7-11/h4-5,11,14H,6-10H2,1-3H3. The summed E-state index contributed by atoms with van der Waals surface area (Å²) in [6, 6.07) is 3.29. The smallest absolute Gasteiger partial charge is 0.276 e. The van der Waals surface area contributed by atoms with E-state index in [2.05, 4.69) is 17.3 Å². The molecule has 1 aromatic rings. The molecule has 0 saturated carbocycles. The lowest BCUT2D eigenvalue weighted by molar-refractivity contribution is 0.195. The number of likely N-dealkylation sites (tertiary alicyclic amines) is 1. The molecular formula is C13H23N3O3S. The van der Waals surface area contributed by atoms with Crippen molar-refractivity contribution in [3.8, 4) is 0 Å². The van der Waals surface area contributed by atoms with Crippen LogP contribution in [0.5, 0.6) is 0 Å². The molecule has 0 aliphatic carbocycles. The molecule has 1 aromatic heterocycles. The van der Waals surface area contributed by atoms with Gasteiger partial charge in [0, 0.05) is 13.1 Å². The summed E-state index contributed by atoms with van der Waals surface area (Å²) in [5, 5.41) is 2.97. The summed E-state index contributed by atoms with van der Waals surface area (Å²) in [4.78, 5) is 2.22. The molecule has 0 atom stereocenters. The summed E-state index contributed by atoms with van der Waals surface area (Å²) < 4.78 is 31.9. The first-order valence-corrected chi connectivity index (χ1v) is 8.29. The van der Waals surface area contributed by atoms with Gasteiger partial charge in [-0.2, -0.15) is 4.31 Å². The second-order valence-corrected chi connectivity index (χ2v) is 7.24. The van der Waals surface area contributed by atoms with Crippen molar-refractivity contribution in [3.63, 3.8) is 0 Å². The van der Waals surface area contributed by atoms with E-state index in [9.17, 15) is 8.42 Å². The molecule has 2 rings (SSSR count). The van der Waals surface area contributed by atoms with Crippen LogP contribution in [-0.2, 0) is 16.6 Å². The summed E-state index contributed by atoms with van der Waals surface area (Å²) in [5.74, 6) is 0.628. The lowest BCUT2D eigenvalue weighted by atomic mass is 10.1. The Morgan fingerprint density at radius 2 is 2.05 bits per heavy atom. The number of rotatable bonds is 5. The van der Waals surface area contributed by atoms with Gasteiger partial charge >= 0.3 is 0 Å². The molecule has 2 heterocycles. The molecule has 1 fully saturated rings. The molecule has 0 unspecified atom stereocenters. The number of hydrogen-bond donors (Lipinski definition) is 1. The lowest BCUT2D eigenvalue weighted by Gasteiger charge is -2.33. The minimum Gasteiger partial charge on any atom is -0.447 e. The minimum absolute atomic E-state index is 0.0316. The number of piperidine rings is 1. The van der Waals surface area contributed by atoms with Crippen molar-refractivity contribution in [2.75, 3.05) is 34.2 Å². The van der Waals surface area contributed by atoms with Gasteiger partial charge in [-0.1, -0.05) is 0 Å². The highest BCUT2D eigenvalue weighted by Gasteiger charge is 2.32. The van der Waals surface area contributed by atoms with E-state index in [0.717, 1.165) is 25.9 Å². The van der Waals surface area contributed by atoms with Crippen LogP contribution >= 0.6 is 0 Å². The molecule has 1 N–H and O–H groups in total. The van der Waals surface area contributed by atoms with Gasteiger partial charge < -0.3 is 14.6 Å². The van der Waals surface area contributed by atoms with Gasteiger partial charge in [0.05, 0.1) is 6.54 Å². The van der Waals surface area contributed by atoms with Gasteiger partial charge in [0.1, 0.15) is 5.76 Å². The first kappa shape index (κ1) is 15.5. The maximum atomic E-state index is 12.5. The summed E-state index contributed by atoms with van der Waals surface area (Å²) in [6.07, 6.45) is 1.71. The molecular weight excluding hydrogens is 278 g/mol. The van der Waals surface area contributed by atoms with Crippen molar-refractivity contribution < 1.29 is 12.8 Å². The maximum Gasteiger partial charge on any atom is 0.276 e. The summed E-state index contributed by atoms with van der Waals surface area (Å²) in [6.45, 7) is 2.37. The Bertz CT molecular complexity index is 533. The molecule has 20 heavy (non-hydrogen) atoms. The first-order chi connectivity index (χ1) is 9.45. The number of hydrogen-bond acceptors (Lipinski definition) is 5. The van der Waals surface area contributed by atoms with Crippen LogP contribution < -0.4 is 5.32 Å². The highest BCUT2D eigenvalue weighted by Crippen LogP contribution is 2.23. The zero-order valence-corrected chi connectivity index (χ0v) is 13.1. The second-order valence-electron chi connectivity index (χ2n) is 5.31. The first-order valence-electron chi connectivity index (χ1n) is 6.85. The van der Waals surface area contributed by atoms with Gasteiger partial charge in [-0.15, -0.1) is 0 Å². The Kier molecular flexibility index (Phi) is 4.85. The Labute approximate surface area is 120 Å². The predicted octanol–water partition coefficient (Wildman–Crippen LogP) is 0.714. The number of nitrogens with zero attached hydrogens (tertiary/aromatic N) is 2. The van der Waals surface area contributed by atoms with E-state index in [-0.39, 0.29) is 11.1 Å². The largest absolute Gasteiger partial charge is 0.447 e. The number of nitrogens with one attached hydrogen (secondary N) is 1. The summed E-state index contributed by atoms with van der Waals surface area (Å²) in [5.41, 5.74) is 0. The Morgan fingerprint density at radius 1 is 1.40 bits per heavy atom. The van der Waals surface area contributed by atoms with Crippen molar-refractivity contribution in [2.24, 2.45) is 0 Å². The summed E-state index contributed by atoms with van der Waals surface area (Å²) in [7, 11) is 1.96. The van der Waals surface area contributed by atoms with Crippen LogP contribution in [0.25, 0.3) is 0 Å². The zero-order valence-electron chi connectivity index (χ0n) is 12.3. The fraction of sp³-hybridized carbons (Fsp3) is 0.692. The van der Waals surface area contributed by atoms with Crippen LogP contribution in [0.15, 0.2) is 21.6 Å². The Hall–Kier alpha value is -0.890. The van der Waals surface area contributed by atoms with Crippen LogP contribution in [0.4, 0.5) is 0 Å². The van der Waals surface area contributed by atoms with Crippen molar-refractivity contribution in [2.45, 2.75) is 30.5 Å². The lowest BCUT2D eigenvalue weighted by Crippen LogP contribution is -2.44. The Morgan fingerprint density at radius 3 is 2.65 bits per heavy atom. The van der Waals surface area contributed by atoms with Crippen molar-refractivity contribution >= 4 is 10.0 Å². The zero-order chi connectivity index (χ0) is 14.8. The van der Waals surface area contributed by atoms with Gasteiger partial charge in [0.25, 0.3) is 10.0 Å². The van der Waals surface area contributed by atoms with Crippen LogP contribution in [0.3, 0.4) is 0 Å². The minimum atomic E-state index is -3.53. The molecule has 0 bridgehead atoms. The molecule has 7 heteroatoms. The fourth-order valence-electron chi connectivity index (χ4n) is 2.46. The SMILES string of the molecule is CNCc1ccc(S(=O)(=O)N(C)C2CCN(C)CC2)o1. The maximum absolute atomic E-state index is 12.5. The van der Waals surface area contributed by atoms with Crippen molar-refractivity contribution in [1.29, 1.82) is 0 Å². The predicted molar refractivity (Wildman–Crippen MR) is 76.9 cm³/mol. The average molecular weight is 301 g/mol. The third-order valence-electron chi connectivity index (χ3n) is 3.82. The average Bonchev–Trinajstić information content (AvgIpc) is 2.88. The molecule has 0 spiro atoms. The number of furan rings is 1. The molecule has 1 aliphatic heterocycles. The van der Waals surface area contributed by atoms with Crippen LogP contribution in [0.2, 0.25) is 0 Å². The molecule has 0 radical (unpaired) electrons. The van der Waals surface area contributed by atoms with E-state index in [1.165, 1.54) is 10.4 Å². The molecule has 0 amide bonds. The highest BCUT2D eigenvalue weighted by atomic mass is 32.2. The van der Waals surface area contributed by atoms with E-state index >= 15 is 0 Å². The second kappa shape index (κ2) is 6.26. The topological polar surface area (TPSA) is 65.8 Å². The third-order valence-corrected chi connectivity index (χ3v) is 5.61. The van der Waals surface area contributed by atoms with E-state index in [1.54, 1.807) is 20.2 Å².